The number of benzene rings is 1. The Morgan fingerprint density at radius 1 is 1.24 bits per heavy atom. The van der Waals surface area contributed by atoms with Gasteiger partial charge in [0.15, 0.2) is 5.82 Å². The molecule has 0 bridgehead atoms. The summed E-state index contributed by atoms with van der Waals surface area (Å²) in [7, 11) is 0. The molecule has 6 nitrogen and oxygen atoms in total. The highest BCUT2D eigenvalue weighted by Gasteiger charge is 2.36. The van der Waals surface area contributed by atoms with Gasteiger partial charge in [-0.05, 0) is 18.2 Å². The number of nitriles is 1. The summed E-state index contributed by atoms with van der Waals surface area (Å²) >= 11 is 0. The minimum absolute atomic E-state index is 0.00203. The van der Waals surface area contributed by atoms with Gasteiger partial charge in [0.2, 0.25) is 5.89 Å². The van der Waals surface area contributed by atoms with Gasteiger partial charge in [0.1, 0.15) is 0 Å². The third-order valence-corrected chi connectivity index (χ3v) is 4.08. The Hall–Kier alpha value is -2.60. The van der Waals surface area contributed by atoms with Crippen LogP contribution >= 0.6 is 0 Å². The second-order valence-electron chi connectivity index (χ2n) is 5.83. The van der Waals surface area contributed by atoms with Gasteiger partial charge in [-0.25, -0.2) is 0 Å². The van der Waals surface area contributed by atoms with Crippen molar-refractivity contribution >= 4 is 5.69 Å². The summed E-state index contributed by atoms with van der Waals surface area (Å²) in [5.74, 6) is 1.06. The van der Waals surface area contributed by atoms with Gasteiger partial charge < -0.3 is 9.42 Å². The van der Waals surface area contributed by atoms with Crippen LogP contribution in [0.4, 0.5) is 18.9 Å². The summed E-state index contributed by atoms with van der Waals surface area (Å²) < 4.78 is 44.9. The summed E-state index contributed by atoms with van der Waals surface area (Å²) in [5.41, 5.74) is -0.655. The molecular weight excluding hydrogens is 335 g/mol. The molecule has 0 amide bonds. The molecule has 0 N–H and O–H groups in total. The summed E-state index contributed by atoms with van der Waals surface area (Å²) in [6, 6.07) is 5.45. The van der Waals surface area contributed by atoms with Gasteiger partial charge in [0, 0.05) is 38.8 Å². The number of nitrogens with zero attached hydrogens (tertiary/aromatic N) is 5. The van der Waals surface area contributed by atoms with E-state index in [1.807, 2.05) is 0 Å². The van der Waals surface area contributed by atoms with E-state index in [0.717, 1.165) is 6.07 Å². The van der Waals surface area contributed by atoms with Gasteiger partial charge in [-0.1, -0.05) is 5.16 Å². The van der Waals surface area contributed by atoms with Gasteiger partial charge in [0.05, 0.1) is 23.7 Å². The van der Waals surface area contributed by atoms with Crippen LogP contribution in [0.1, 0.15) is 22.8 Å². The molecule has 0 atom stereocenters. The fraction of sp³-hybridized carbons (Fsp3) is 0.438. The lowest BCUT2D eigenvalue weighted by Crippen LogP contribution is -2.46. The lowest BCUT2D eigenvalue weighted by Gasteiger charge is -2.36. The standard InChI is InChI=1S/C16H16F3N5O/c1-11-21-15(22-25-11)10-23-4-6-24(7-5-23)14-3-2-12(9-20)8-13(14)16(17,18)19/h2-3,8H,4-7,10H2,1H3. The zero-order chi connectivity index (χ0) is 18.0. The van der Waals surface area contributed by atoms with Gasteiger partial charge >= 0.3 is 6.18 Å². The van der Waals surface area contributed by atoms with E-state index in [0.29, 0.717) is 44.4 Å². The Morgan fingerprint density at radius 2 is 1.96 bits per heavy atom. The molecule has 0 radical (unpaired) electrons. The molecule has 1 aliphatic rings. The second kappa shape index (κ2) is 6.72. The van der Waals surface area contributed by atoms with Crippen molar-refractivity contribution in [1.82, 2.24) is 15.0 Å². The van der Waals surface area contributed by atoms with Gasteiger partial charge in [0.25, 0.3) is 0 Å². The van der Waals surface area contributed by atoms with Crippen molar-refractivity contribution in [3.05, 3.63) is 41.0 Å². The number of hydrogen-bond acceptors (Lipinski definition) is 6. The minimum Gasteiger partial charge on any atom is -0.368 e. The van der Waals surface area contributed by atoms with Crippen LogP contribution in [-0.2, 0) is 12.7 Å². The SMILES string of the molecule is Cc1nc(CN2CCN(c3ccc(C#N)cc3C(F)(F)F)CC2)no1. The predicted octanol–water partition coefficient (Wildman–Crippen LogP) is 2.59. The summed E-state index contributed by atoms with van der Waals surface area (Å²) in [6.07, 6.45) is -4.50. The third-order valence-electron chi connectivity index (χ3n) is 4.08. The smallest absolute Gasteiger partial charge is 0.368 e. The van der Waals surface area contributed by atoms with Crippen LogP contribution in [0.3, 0.4) is 0 Å². The van der Waals surface area contributed by atoms with E-state index in [1.54, 1.807) is 17.9 Å². The first-order valence-corrected chi connectivity index (χ1v) is 7.74. The van der Waals surface area contributed by atoms with Crippen molar-refractivity contribution in [2.45, 2.75) is 19.6 Å². The van der Waals surface area contributed by atoms with E-state index in [-0.39, 0.29) is 11.3 Å². The van der Waals surface area contributed by atoms with E-state index in [2.05, 4.69) is 15.0 Å². The van der Waals surface area contributed by atoms with Crippen molar-refractivity contribution < 1.29 is 17.7 Å². The van der Waals surface area contributed by atoms with Crippen LogP contribution < -0.4 is 4.90 Å². The first-order valence-electron chi connectivity index (χ1n) is 7.74. The number of aryl methyl sites for hydroxylation is 1. The predicted molar refractivity (Wildman–Crippen MR) is 82.7 cm³/mol. The highest BCUT2D eigenvalue weighted by atomic mass is 19.4. The van der Waals surface area contributed by atoms with Crippen LogP contribution in [0.25, 0.3) is 0 Å². The van der Waals surface area contributed by atoms with Gasteiger partial charge in [-0.2, -0.15) is 23.4 Å². The molecule has 1 aromatic carbocycles. The van der Waals surface area contributed by atoms with Crippen molar-refractivity contribution in [3.63, 3.8) is 0 Å². The number of hydrogen-bond donors (Lipinski definition) is 0. The normalized spacial score (nSPS) is 16.0. The maximum atomic E-state index is 13.3. The monoisotopic (exact) mass is 351 g/mol. The Labute approximate surface area is 142 Å². The van der Waals surface area contributed by atoms with E-state index in [1.165, 1.54) is 12.1 Å². The molecule has 1 fully saturated rings. The van der Waals surface area contributed by atoms with Crippen molar-refractivity contribution in [2.24, 2.45) is 0 Å². The van der Waals surface area contributed by atoms with Crippen molar-refractivity contribution in [1.29, 1.82) is 5.26 Å². The summed E-state index contributed by atoms with van der Waals surface area (Å²) in [6.45, 7) is 4.29. The molecule has 1 saturated heterocycles. The Balaban J connectivity index is 1.71. The molecule has 0 unspecified atom stereocenters. The Morgan fingerprint density at radius 3 is 2.52 bits per heavy atom. The minimum atomic E-state index is -4.50. The van der Waals surface area contributed by atoms with Crippen LogP contribution in [0.5, 0.6) is 0 Å². The maximum absolute atomic E-state index is 13.3. The van der Waals surface area contributed by atoms with Crippen LogP contribution in [0.2, 0.25) is 0 Å². The number of alkyl halides is 3. The first kappa shape index (κ1) is 17.2. The number of piperazine rings is 1. The fourth-order valence-electron chi connectivity index (χ4n) is 2.86. The molecule has 1 aromatic heterocycles. The number of rotatable bonds is 3. The molecule has 9 heteroatoms. The van der Waals surface area contributed by atoms with E-state index in [9.17, 15) is 13.2 Å². The van der Waals surface area contributed by atoms with Crippen LogP contribution in [0.15, 0.2) is 22.7 Å². The fourth-order valence-corrected chi connectivity index (χ4v) is 2.86. The lowest BCUT2D eigenvalue weighted by molar-refractivity contribution is -0.137. The zero-order valence-corrected chi connectivity index (χ0v) is 13.5. The Kier molecular flexibility index (Phi) is 4.63. The molecule has 1 aliphatic heterocycles. The van der Waals surface area contributed by atoms with Gasteiger partial charge in [-0.3, -0.25) is 4.90 Å². The molecular formula is C16H16F3N5O. The number of anilines is 1. The molecule has 132 valence electrons. The molecule has 0 aliphatic carbocycles. The molecule has 0 spiro atoms. The zero-order valence-electron chi connectivity index (χ0n) is 13.5. The second-order valence-corrected chi connectivity index (χ2v) is 5.83. The maximum Gasteiger partial charge on any atom is 0.418 e. The largest absolute Gasteiger partial charge is 0.418 e. The first-order chi connectivity index (χ1) is 11.9. The van der Waals surface area contributed by atoms with Crippen LogP contribution in [0, 0.1) is 18.3 Å². The van der Waals surface area contributed by atoms with Crippen LogP contribution in [-0.4, -0.2) is 41.2 Å². The Bertz CT molecular complexity index is 788. The quantitative estimate of drug-likeness (QED) is 0.847. The van der Waals surface area contributed by atoms with Gasteiger partial charge in [-0.15, -0.1) is 0 Å². The molecule has 0 saturated carbocycles. The molecule has 3 rings (SSSR count). The van der Waals surface area contributed by atoms with E-state index >= 15 is 0 Å². The van der Waals surface area contributed by atoms with Crippen molar-refractivity contribution in [3.8, 4) is 6.07 Å². The average Bonchev–Trinajstić information content (AvgIpc) is 2.99. The molecule has 25 heavy (non-hydrogen) atoms. The number of halogens is 3. The summed E-state index contributed by atoms with van der Waals surface area (Å²) in [4.78, 5) is 7.90. The molecule has 2 aromatic rings. The van der Waals surface area contributed by atoms with E-state index in [4.69, 9.17) is 9.78 Å². The van der Waals surface area contributed by atoms with Crippen molar-refractivity contribution in [2.75, 3.05) is 31.1 Å². The summed E-state index contributed by atoms with van der Waals surface area (Å²) in [5, 5.41) is 12.7. The number of aromatic nitrogens is 2. The highest BCUT2D eigenvalue weighted by molar-refractivity contribution is 5.58. The lowest BCUT2D eigenvalue weighted by atomic mass is 10.1. The van der Waals surface area contributed by atoms with E-state index < -0.39 is 11.7 Å². The average molecular weight is 351 g/mol. The molecule has 2 heterocycles. The topological polar surface area (TPSA) is 69.2 Å². The highest BCUT2D eigenvalue weighted by Crippen LogP contribution is 2.37. The third kappa shape index (κ3) is 3.91.